The van der Waals surface area contributed by atoms with Crippen molar-refractivity contribution < 1.29 is 4.84 Å². The Hall–Kier alpha value is -0.710. The maximum absolute atomic E-state index is 5.64. The van der Waals surface area contributed by atoms with E-state index in [0.29, 0.717) is 6.61 Å². The van der Waals surface area contributed by atoms with E-state index in [2.05, 4.69) is 0 Å². The minimum atomic E-state index is 0.632. The Kier molecular flexibility index (Phi) is 4.67. The third-order valence-electron chi connectivity index (χ3n) is 1.53. The third-order valence-corrected chi connectivity index (χ3v) is 2.10. The molecule has 0 fully saturated rings. The summed E-state index contributed by atoms with van der Waals surface area (Å²) in [5.74, 6) is 6.58. The van der Waals surface area contributed by atoms with Gasteiger partial charge < -0.3 is 0 Å². The zero-order chi connectivity index (χ0) is 9.52. The van der Waals surface area contributed by atoms with Gasteiger partial charge in [0.15, 0.2) is 0 Å². The van der Waals surface area contributed by atoms with E-state index in [1.165, 1.54) is 5.17 Å². The number of hydrazine groups is 1. The average Bonchev–Trinajstić information content (AvgIpc) is 2.19. The second-order valence-corrected chi connectivity index (χ2v) is 3.47. The van der Waals surface area contributed by atoms with E-state index in [0.717, 1.165) is 11.4 Å². The highest BCUT2D eigenvalue weighted by Crippen LogP contribution is 2.09. The molecule has 0 heterocycles. The van der Waals surface area contributed by atoms with Crippen LogP contribution in [0.15, 0.2) is 30.3 Å². The molecule has 3 nitrogen and oxygen atoms in total. The summed E-state index contributed by atoms with van der Waals surface area (Å²) in [6.07, 6.45) is 2.03. The van der Waals surface area contributed by atoms with Gasteiger partial charge in [-0.2, -0.15) is 16.9 Å². The van der Waals surface area contributed by atoms with Crippen LogP contribution in [0.2, 0.25) is 0 Å². The van der Waals surface area contributed by atoms with E-state index in [4.69, 9.17) is 10.7 Å². The Labute approximate surface area is 82.8 Å². The van der Waals surface area contributed by atoms with Gasteiger partial charge in [-0.05, 0) is 18.4 Å². The van der Waals surface area contributed by atoms with Crippen molar-refractivity contribution in [2.75, 3.05) is 23.8 Å². The van der Waals surface area contributed by atoms with Crippen LogP contribution in [0, 0.1) is 0 Å². The lowest BCUT2D eigenvalue weighted by Gasteiger charge is -2.17. The van der Waals surface area contributed by atoms with Crippen LogP contribution in [0.3, 0.4) is 0 Å². The van der Waals surface area contributed by atoms with Gasteiger partial charge in [0.1, 0.15) is 0 Å². The van der Waals surface area contributed by atoms with Crippen molar-refractivity contribution in [3.05, 3.63) is 30.3 Å². The first kappa shape index (κ1) is 10.4. The summed E-state index contributed by atoms with van der Waals surface area (Å²) in [7, 11) is 0. The van der Waals surface area contributed by atoms with Crippen molar-refractivity contribution in [1.29, 1.82) is 0 Å². The average molecular weight is 198 g/mol. The fourth-order valence-electron chi connectivity index (χ4n) is 0.868. The summed E-state index contributed by atoms with van der Waals surface area (Å²) in [5, 5.41) is 1.30. The standard InChI is InChI=1S/C9H14N2OS/c1-13-8-7-12-11(10)9-5-3-2-4-6-9/h2-6H,7-8,10H2,1H3. The lowest BCUT2D eigenvalue weighted by Crippen LogP contribution is -2.31. The molecule has 0 bridgehead atoms. The van der Waals surface area contributed by atoms with Crippen LogP contribution in [-0.4, -0.2) is 18.6 Å². The smallest absolute Gasteiger partial charge is 0.0856 e. The minimum absolute atomic E-state index is 0.632. The second kappa shape index (κ2) is 5.85. The molecule has 1 rings (SSSR count). The molecule has 0 radical (unpaired) electrons. The summed E-state index contributed by atoms with van der Waals surface area (Å²) in [6, 6.07) is 9.59. The first-order valence-electron chi connectivity index (χ1n) is 4.06. The van der Waals surface area contributed by atoms with Crippen LogP contribution < -0.4 is 11.0 Å². The van der Waals surface area contributed by atoms with Crippen LogP contribution >= 0.6 is 11.8 Å². The minimum Gasteiger partial charge on any atom is -0.257 e. The maximum Gasteiger partial charge on any atom is 0.0856 e. The number of nitrogens with zero attached hydrogens (tertiary/aromatic N) is 1. The number of hydrogen-bond donors (Lipinski definition) is 1. The first-order chi connectivity index (χ1) is 6.34. The van der Waals surface area contributed by atoms with Crippen LogP contribution in [0.1, 0.15) is 0 Å². The van der Waals surface area contributed by atoms with Crippen LogP contribution in [0.5, 0.6) is 0 Å². The highest BCUT2D eigenvalue weighted by molar-refractivity contribution is 7.98. The summed E-state index contributed by atoms with van der Waals surface area (Å²) in [5.41, 5.74) is 0.864. The van der Waals surface area contributed by atoms with E-state index in [1.807, 2.05) is 36.6 Å². The summed E-state index contributed by atoms with van der Waals surface area (Å²) < 4.78 is 0. The van der Waals surface area contributed by atoms with E-state index in [9.17, 15) is 0 Å². The van der Waals surface area contributed by atoms with Gasteiger partial charge in [-0.3, -0.25) is 4.84 Å². The summed E-state index contributed by atoms with van der Waals surface area (Å²) in [6.45, 7) is 0.632. The number of thioether (sulfide) groups is 1. The first-order valence-corrected chi connectivity index (χ1v) is 5.45. The zero-order valence-electron chi connectivity index (χ0n) is 7.64. The normalized spacial score (nSPS) is 10.0. The van der Waals surface area contributed by atoms with Gasteiger partial charge in [0.2, 0.25) is 0 Å². The lowest BCUT2D eigenvalue weighted by atomic mass is 10.3. The molecule has 0 aliphatic rings. The quantitative estimate of drug-likeness (QED) is 0.443. The molecule has 0 amide bonds. The van der Waals surface area contributed by atoms with E-state index in [1.54, 1.807) is 11.8 Å². The molecule has 0 saturated heterocycles. The molecule has 72 valence electrons. The number of anilines is 1. The molecule has 0 atom stereocenters. The Morgan fingerprint density at radius 2 is 2.08 bits per heavy atom. The number of para-hydroxylation sites is 1. The molecule has 1 aromatic rings. The number of nitrogens with two attached hydrogens (primary N) is 1. The molecule has 0 aliphatic heterocycles. The molecule has 0 spiro atoms. The van der Waals surface area contributed by atoms with Crippen LogP contribution in [-0.2, 0) is 4.84 Å². The maximum atomic E-state index is 5.64. The largest absolute Gasteiger partial charge is 0.257 e. The zero-order valence-corrected chi connectivity index (χ0v) is 8.46. The summed E-state index contributed by atoms with van der Waals surface area (Å²) >= 11 is 1.73. The highest BCUT2D eigenvalue weighted by atomic mass is 32.2. The number of hydrogen-bond acceptors (Lipinski definition) is 4. The highest BCUT2D eigenvalue weighted by Gasteiger charge is 1.98. The van der Waals surface area contributed by atoms with Crippen LogP contribution in [0.4, 0.5) is 5.69 Å². The molecule has 0 aromatic heterocycles. The molecule has 0 saturated carbocycles. The number of rotatable bonds is 5. The van der Waals surface area contributed by atoms with Crippen molar-refractivity contribution in [2.45, 2.75) is 0 Å². The Balaban J connectivity index is 2.35. The molecule has 13 heavy (non-hydrogen) atoms. The second-order valence-electron chi connectivity index (χ2n) is 2.49. The predicted molar refractivity (Wildman–Crippen MR) is 57.4 cm³/mol. The summed E-state index contributed by atoms with van der Waals surface area (Å²) in [4.78, 5) is 5.26. The molecule has 0 aliphatic carbocycles. The Morgan fingerprint density at radius 1 is 1.38 bits per heavy atom. The SMILES string of the molecule is CSCCON(N)c1ccccc1. The van der Waals surface area contributed by atoms with Crippen molar-refractivity contribution in [3.8, 4) is 0 Å². The molecule has 0 unspecified atom stereocenters. The van der Waals surface area contributed by atoms with Gasteiger partial charge in [-0.25, -0.2) is 5.84 Å². The van der Waals surface area contributed by atoms with Gasteiger partial charge >= 0.3 is 0 Å². The van der Waals surface area contributed by atoms with Gasteiger partial charge in [0.05, 0.1) is 12.3 Å². The van der Waals surface area contributed by atoms with Gasteiger partial charge in [0.25, 0.3) is 0 Å². The van der Waals surface area contributed by atoms with Gasteiger partial charge in [-0.15, -0.1) is 0 Å². The molecule has 2 N–H and O–H groups in total. The fourth-order valence-corrected chi connectivity index (χ4v) is 1.11. The number of benzene rings is 1. The molecule has 4 heteroatoms. The Morgan fingerprint density at radius 3 is 2.69 bits per heavy atom. The van der Waals surface area contributed by atoms with Crippen molar-refractivity contribution in [1.82, 2.24) is 0 Å². The Bertz CT molecular complexity index is 230. The van der Waals surface area contributed by atoms with Crippen LogP contribution in [0.25, 0.3) is 0 Å². The molecular weight excluding hydrogens is 184 g/mol. The molecule has 1 aromatic carbocycles. The lowest BCUT2D eigenvalue weighted by molar-refractivity contribution is 0.123. The van der Waals surface area contributed by atoms with Crippen molar-refractivity contribution in [3.63, 3.8) is 0 Å². The van der Waals surface area contributed by atoms with E-state index in [-0.39, 0.29) is 0 Å². The van der Waals surface area contributed by atoms with Crippen molar-refractivity contribution in [2.24, 2.45) is 5.84 Å². The van der Waals surface area contributed by atoms with Gasteiger partial charge in [-0.1, -0.05) is 18.2 Å². The van der Waals surface area contributed by atoms with Gasteiger partial charge in [0, 0.05) is 5.75 Å². The molecular formula is C9H14N2OS. The van der Waals surface area contributed by atoms with E-state index >= 15 is 0 Å². The fraction of sp³-hybridized carbons (Fsp3) is 0.333. The van der Waals surface area contributed by atoms with Crippen molar-refractivity contribution >= 4 is 17.4 Å². The van der Waals surface area contributed by atoms with E-state index < -0.39 is 0 Å². The topological polar surface area (TPSA) is 38.5 Å². The third kappa shape index (κ3) is 3.67. The monoisotopic (exact) mass is 198 g/mol. The predicted octanol–water partition coefficient (Wildman–Crippen LogP) is 1.66.